The molecule has 4 rings (SSSR count). The zero-order valence-electron chi connectivity index (χ0n) is 16.9. The van der Waals surface area contributed by atoms with E-state index in [1.165, 1.54) is 12.4 Å². The zero-order chi connectivity index (χ0) is 20.9. The van der Waals surface area contributed by atoms with Crippen molar-refractivity contribution in [3.8, 4) is 17.1 Å². The minimum Gasteiger partial charge on any atom is -0.471 e. The molecule has 1 saturated heterocycles. The molecule has 0 radical (unpaired) electrons. The maximum atomic E-state index is 12.3. The molecule has 1 fully saturated rings. The average molecular weight is 409 g/mol. The number of nitrogens with zero attached hydrogens (tertiary/aromatic N) is 4. The Morgan fingerprint density at radius 1 is 1.13 bits per heavy atom. The second-order valence-electron chi connectivity index (χ2n) is 7.14. The van der Waals surface area contributed by atoms with Gasteiger partial charge in [-0.05, 0) is 38.8 Å². The Kier molecular flexibility index (Phi) is 5.99. The summed E-state index contributed by atoms with van der Waals surface area (Å²) in [6.07, 6.45) is 6.21. The van der Waals surface area contributed by atoms with Gasteiger partial charge in [-0.2, -0.15) is 0 Å². The molecule has 9 nitrogen and oxygen atoms in total. The number of hydrogen-bond acceptors (Lipinski definition) is 8. The quantitative estimate of drug-likeness (QED) is 0.661. The maximum absolute atomic E-state index is 12.3. The fraction of sp³-hybridized carbons (Fsp3) is 0.381. The predicted octanol–water partition coefficient (Wildman–Crippen LogP) is 2.63. The van der Waals surface area contributed by atoms with E-state index in [1.54, 1.807) is 6.20 Å². The van der Waals surface area contributed by atoms with E-state index >= 15 is 0 Å². The molecule has 0 atom stereocenters. The Labute approximate surface area is 173 Å². The van der Waals surface area contributed by atoms with Crippen LogP contribution in [0.2, 0.25) is 0 Å². The van der Waals surface area contributed by atoms with Crippen LogP contribution in [0.25, 0.3) is 11.3 Å². The van der Waals surface area contributed by atoms with Crippen molar-refractivity contribution in [2.75, 3.05) is 13.2 Å². The zero-order valence-corrected chi connectivity index (χ0v) is 16.9. The van der Waals surface area contributed by atoms with Gasteiger partial charge in [0.15, 0.2) is 0 Å². The standard InChI is InChI=1S/C21H23N5O4/c1-13-3-4-15(9-22-13)20-17(14(2)30-26-20)12-29-19-11-23-18(10-24-19)21(27)25-16-5-7-28-8-6-16/h3-4,9-11,16H,5-8,12H2,1-2H3,(H,25,27). The van der Waals surface area contributed by atoms with Gasteiger partial charge in [-0.15, -0.1) is 0 Å². The van der Waals surface area contributed by atoms with Crippen LogP contribution < -0.4 is 10.1 Å². The summed E-state index contributed by atoms with van der Waals surface area (Å²) in [5, 5.41) is 7.08. The molecule has 0 saturated carbocycles. The molecule has 0 bridgehead atoms. The Morgan fingerprint density at radius 3 is 2.67 bits per heavy atom. The molecule has 3 aromatic heterocycles. The molecule has 0 spiro atoms. The number of aromatic nitrogens is 4. The van der Waals surface area contributed by atoms with Crippen molar-refractivity contribution >= 4 is 5.91 Å². The van der Waals surface area contributed by atoms with E-state index in [2.05, 4.69) is 25.4 Å². The van der Waals surface area contributed by atoms with Gasteiger partial charge in [0.25, 0.3) is 5.91 Å². The molecule has 9 heteroatoms. The van der Waals surface area contributed by atoms with Crippen molar-refractivity contribution in [2.45, 2.75) is 39.3 Å². The van der Waals surface area contributed by atoms with Crippen molar-refractivity contribution in [1.82, 2.24) is 25.4 Å². The van der Waals surface area contributed by atoms with Gasteiger partial charge in [0.2, 0.25) is 5.88 Å². The highest BCUT2D eigenvalue weighted by Gasteiger charge is 2.19. The Morgan fingerprint density at radius 2 is 1.97 bits per heavy atom. The van der Waals surface area contributed by atoms with Gasteiger partial charge in [-0.1, -0.05) is 5.16 Å². The number of carbonyl (C=O) groups is 1. The first-order chi connectivity index (χ1) is 14.6. The molecular weight excluding hydrogens is 386 g/mol. The molecule has 3 aromatic rings. The topological polar surface area (TPSA) is 112 Å². The first kappa shape index (κ1) is 20.0. The molecule has 1 amide bonds. The van der Waals surface area contributed by atoms with Gasteiger partial charge in [0, 0.05) is 36.7 Å². The van der Waals surface area contributed by atoms with Crippen LogP contribution >= 0.6 is 0 Å². The summed E-state index contributed by atoms with van der Waals surface area (Å²) in [6, 6.07) is 3.96. The highest BCUT2D eigenvalue weighted by atomic mass is 16.5. The number of hydrogen-bond donors (Lipinski definition) is 1. The van der Waals surface area contributed by atoms with E-state index in [4.69, 9.17) is 14.0 Å². The van der Waals surface area contributed by atoms with Crippen LogP contribution in [0.15, 0.2) is 35.2 Å². The molecule has 1 aliphatic rings. The van der Waals surface area contributed by atoms with Crippen LogP contribution in [0.5, 0.6) is 5.88 Å². The maximum Gasteiger partial charge on any atom is 0.271 e. The Balaban J connectivity index is 1.39. The molecule has 156 valence electrons. The van der Waals surface area contributed by atoms with Crippen LogP contribution in [0, 0.1) is 13.8 Å². The molecule has 1 N–H and O–H groups in total. The summed E-state index contributed by atoms with van der Waals surface area (Å²) in [5.74, 6) is 0.724. The molecule has 0 unspecified atom stereocenters. The third-order valence-electron chi connectivity index (χ3n) is 4.95. The van der Waals surface area contributed by atoms with Crippen LogP contribution in [0.4, 0.5) is 0 Å². The summed E-state index contributed by atoms with van der Waals surface area (Å²) in [6.45, 7) is 5.28. The lowest BCUT2D eigenvalue weighted by atomic mass is 10.1. The van der Waals surface area contributed by atoms with Gasteiger partial charge in [0.05, 0.1) is 18.0 Å². The second kappa shape index (κ2) is 9.00. The summed E-state index contributed by atoms with van der Waals surface area (Å²) in [4.78, 5) is 25.0. The van der Waals surface area contributed by atoms with E-state index in [0.717, 1.165) is 29.7 Å². The number of carbonyl (C=O) groups excluding carboxylic acids is 1. The van der Waals surface area contributed by atoms with E-state index in [1.807, 2.05) is 26.0 Å². The first-order valence-electron chi connectivity index (χ1n) is 9.82. The average Bonchev–Trinajstić information content (AvgIpc) is 3.14. The summed E-state index contributed by atoms with van der Waals surface area (Å²) in [5.41, 5.74) is 3.51. The SMILES string of the molecule is Cc1ccc(-c2noc(C)c2COc2cnc(C(=O)NC3CCOCC3)cn2)cn1. The molecule has 4 heterocycles. The highest BCUT2D eigenvalue weighted by Crippen LogP contribution is 2.26. The van der Waals surface area contributed by atoms with Gasteiger partial charge in [0.1, 0.15) is 23.8 Å². The van der Waals surface area contributed by atoms with Crippen molar-refractivity contribution in [3.63, 3.8) is 0 Å². The Hall–Kier alpha value is -3.33. The van der Waals surface area contributed by atoms with Crippen molar-refractivity contribution < 1.29 is 18.8 Å². The van der Waals surface area contributed by atoms with Crippen molar-refractivity contribution in [3.05, 3.63) is 53.4 Å². The minimum atomic E-state index is -0.245. The van der Waals surface area contributed by atoms with Gasteiger partial charge in [-0.25, -0.2) is 9.97 Å². The smallest absolute Gasteiger partial charge is 0.271 e. The number of ether oxygens (including phenoxy) is 2. The molecule has 1 aliphatic heterocycles. The summed E-state index contributed by atoms with van der Waals surface area (Å²) >= 11 is 0. The highest BCUT2D eigenvalue weighted by molar-refractivity contribution is 5.92. The first-order valence-corrected chi connectivity index (χ1v) is 9.82. The van der Waals surface area contributed by atoms with Crippen LogP contribution in [-0.2, 0) is 11.3 Å². The number of pyridine rings is 1. The van der Waals surface area contributed by atoms with Crippen LogP contribution in [0.3, 0.4) is 0 Å². The lowest BCUT2D eigenvalue weighted by Crippen LogP contribution is -2.39. The largest absolute Gasteiger partial charge is 0.471 e. The monoisotopic (exact) mass is 409 g/mol. The number of rotatable bonds is 6. The van der Waals surface area contributed by atoms with E-state index in [9.17, 15) is 4.79 Å². The molecule has 0 aromatic carbocycles. The van der Waals surface area contributed by atoms with Crippen molar-refractivity contribution in [1.29, 1.82) is 0 Å². The molecule has 30 heavy (non-hydrogen) atoms. The van der Waals surface area contributed by atoms with Crippen molar-refractivity contribution in [2.24, 2.45) is 0 Å². The summed E-state index contributed by atoms with van der Waals surface area (Å²) in [7, 11) is 0. The fourth-order valence-corrected chi connectivity index (χ4v) is 3.15. The van der Waals surface area contributed by atoms with Gasteiger partial charge < -0.3 is 19.3 Å². The molecular formula is C21H23N5O4. The third kappa shape index (κ3) is 4.62. The molecule has 0 aliphatic carbocycles. The van der Waals surface area contributed by atoms with Crippen LogP contribution in [0.1, 0.15) is 40.3 Å². The van der Waals surface area contributed by atoms with Crippen LogP contribution in [-0.4, -0.2) is 45.3 Å². The fourth-order valence-electron chi connectivity index (χ4n) is 3.15. The minimum absolute atomic E-state index is 0.107. The van der Waals surface area contributed by atoms with E-state index < -0.39 is 0 Å². The lowest BCUT2D eigenvalue weighted by Gasteiger charge is -2.22. The number of aryl methyl sites for hydroxylation is 2. The normalized spacial score (nSPS) is 14.5. The van der Waals surface area contributed by atoms with E-state index in [0.29, 0.717) is 30.5 Å². The predicted molar refractivity (Wildman–Crippen MR) is 107 cm³/mol. The number of nitrogens with one attached hydrogen (secondary N) is 1. The number of amides is 1. The van der Waals surface area contributed by atoms with Gasteiger partial charge in [-0.3, -0.25) is 9.78 Å². The Bertz CT molecular complexity index is 995. The van der Waals surface area contributed by atoms with E-state index in [-0.39, 0.29) is 24.2 Å². The lowest BCUT2D eigenvalue weighted by molar-refractivity contribution is 0.0694. The van der Waals surface area contributed by atoms with Gasteiger partial charge >= 0.3 is 0 Å². The second-order valence-corrected chi connectivity index (χ2v) is 7.14. The third-order valence-corrected chi connectivity index (χ3v) is 4.95. The summed E-state index contributed by atoms with van der Waals surface area (Å²) < 4.78 is 16.4.